The maximum Gasteiger partial charge on any atom is 0.167 e. The molecule has 0 spiro atoms. The van der Waals surface area contributed by atoms with Gasteiger partial charge in [0.2, 0.25) is 0 Å². The van der Waals surface area contributed by atoms with Gasteiger partial charge in [-0.25, -0.2) is 4.98 Å². The molecule has 0 aliphatic rings. The molecular weight excluding hydrogens is 158 g/mol. The molecule has 1 aromatic heterocycles. The molecule has 1 rings (SSSR count). The van der Waals surface area contributed by atoms with Gasteiger partial charge in [-0.15, -0.1) is 0 Å². The summed E-state index contributed by atoms with van der Waals surface area (Å²) in [7, 11) is 0. The SMILES string of the molecule is CCn1ccnc1SCCN. The highest BCUT2D eigenvalue weighted by atomic mass is 32.2. The molecule has 0 aliphatic carbocycles. The quantitative estimate of drug-likeness (QED) is 0.686. The lowest BCUT2D eigenvalue weighted by Crippen LogP contribution is -2.03. The van der Waals surface area contributed by atoms with Crippen molar-refractivity contribution in [2.45, 2.75) is 18.6 Å². The molecule has 0 fully saturated rings. The minimum Gasteiger partial charge on any atom is -0.330 e. The summed E-state index contributed by atoms with van der Waals surface area (Å²) < 4.78 is 2.11. The highest BCUT2D eigenvalue weighted by Crippen LogP contribution is 2.13. The molecule has 0 amide bonds. The molecule has 4 heteroatoms. The molecule has 62 valence electrons. The number of aromatic nitrogens is 2. The summed E-state index contributed by atoms with van der Waals surface area (Å²) in [5.74, 6) is 0.941. The predicted octanol–water partition coefficient (Wildman–Crippen LogP) is 0.954. The normalized spacial score (nSPS) is 10.4. The fourth-order valence-corrected chi connectivity index (χ4v) is 1.62. The predicted molar refractivity (Wildman–Crippen MR) is 47.7 cm³/mol. The Balaban J connectivity index is 2.54. The van der Waals surface area contributed by atoms with E-state index < -0.39 is 0 Å². The lowest BCUT2D eigenvalue weighted by atomic mass is 10.7. The van der Waals surface area contributed by atoms with Crippen LogP contribution in [-0.4, -0.2) is 21.8 Å². The van der Waals surface area contributed by atoms with E-state index in [-0.39, 0.29) is 0 Å². The Kier molecular flexibility index (Phi) is 3.45. The van der Waals surface area contributed by atoms with E-state index in [1.165, 1.54) is 0 Å². The van der Waals surface area contributed by atoms with Gasteiger partial charge in [-0.2, -0.15) is 0 Å². The van der Waals surface area contributed by atoms with Crippen LogP contribution < -0.4 is 5.73 Å². The molecule has 0 aliphatic heterocycles. The van der Waals surface area contributed by atoms with E-state index in [1.54, 1.807) is 11.8 Å². The van der Waals surface area contributed by atoms with E-state index in [2.05, 4.69) is 16.5 Å². The largest absolute Gasteiger partial charge is 0.330 e. The van der Waals surface area contributed by atoms with Crippen molar-refractivity contribution < 1.29 is 0 Å². The van der Waals surface area contributed by atoms with Crippen LogP contribution in [0.3, 0.4) is 0 Å². The van der Waals surface area contributed by atoms with Crippen LogP contribution in [0.2, 0.25) is 0 Å². The molecule has 0 atom stereocenters. The van der Waals surface area contributed by atoms with E-state index in [9.17, 15) is 0 Å². The fourth-order valence-electron chi connectivity index (χ4n) is 0.827. The monoisotopic (exact) mass is 171 g/mol. The maximum absolute atomic E-state index is 5.38. The molecule has 3 nitrogen and oxygen atoms in total. The first-order valence-corrected chi connectivity index (χ1v) is 4.71. The van der Waals surface area contributed by atoms with Crippen LogP contribution in [0.1, 0.15) is 6.92 Å². The molecule has 0 bridgehead atoms. The van der Waals surface area contributed by atoms with Crippen molar-refractivity contribution in [2.75, 3.05) is 12.3 Å². The minimum atomic E-state index is 0.710. The summed E-state index contributed by atoms with van der Waals surface area (Å²) in [6.07, 6.45) is 3.81. The second kappa shape index (κ2) is 4.41. The summed E-state index contributed by atoms with van der Waals surface area (Å²) in [5, 5.41) is 1.07. The Hall–Kier alpha value is -0.480. The van der Waals surface area contributed by atoms with Crippen molar-refractivity contribution in [3.05, 3.63) is 12.4 Å². The first kappa shape index (κ1) is 8.62. The zero-order valence-corrected chi connectivity index (χ0v) is 7.47. The Morgan fingerprint density at radius 1 is 1.73 bits per heavy atom. The Morgan fingerprint density at radius 3 is 3.18 bits per heavy atom. The van der Waals surface area contributed by atoms with Crippen molar-refractivity contribution in [3.63, 3.8) is 0 Å². The molecular formula is C7H13N3S. The smallest absolute Gasteiger partial charge is 0.167 e. The zero-order chi connectivity index (χ0) is 8.10. The van der Waals surface area contributed by atoms with E-state index in [0.717, 1.165) is 17.5 Å². The summed E-state index contributed by atoms with van der Waals surface area (Å²) in [6, 6.07) is 0. The van der Waals surface area contributed by atoms with Crippen molar-refractivity contribution in [3.8, 4) is 0 Å². The van der Waals surface area contributed by atoms with E-state index in [0.29, 0.717) is 6.54 Å². The third-order valence-corrected chi connectivity index (χ3v) is 2.40. The number of aryl methyl sites for hydroxylation is 1. The summed E-state index contributed by atoms with van der Waals surface area (Å²) >= 11 is 1.71. The first-order chi connectivity index (χ1) is 5.38. The molecule has 1 heterocycles. The number of rotatable bonds is 4. The van der Waals surface area contributed by atoms with Crippen LogP contribution in [0.15, 0.2) is 17.6 Å². The van der Waals surface area contributed by atoms with Crippen molar-refractivity contribution >= 4 is 11.8 Å². The Bertz CT molecular complexity index is 209. The third-order valence-electron chi connectivity index (χ3n) is 1.37. The molecule has 2 N–H and O–H groups in total. The number of imidazole rings is 1. The number of hydrogen-bond donors (Lipinski definition) is 1. The average Bonchev–Trinajstić information content (AvgIpc) is 2.47. The number of hydrogen-bond acceptors (Lipinski definition) is 3. The molecule has 0 saturated heterocycles. The van der Waals surface area contributed by atoms with Crippen LogP contribution in [0.5, 0.6) is 0 Å². The standard InChI is InChI=1S/C7H13N3S/c1-2-10-5-4-9-7(10)11-6-3-8/h4-5H,2-3,6,8H2,1H3. The highest BCUT2D eigenvalue weighted by Gasteiger charge is 1.99. The van der Waals surface area contributed by atoms with Crippen molar-refractivity contribution in [2.24, 2.45) is 5.73 Å². The van der Waals surface area contributed by atoms with Gasteiger partial charge in [0.1, 0.15) is 0 Å². The van der Waals surface area contributed by atoms with Gasteiger partial charge in [-0.3, -0.25) is 0 Å². The van der Waals surface area contributed by atoms with Gasteiger partial charge < -0.3 is 10.3 Å². The molecule has 11 heavy (non-hydrogen) atoms. The molecule has 0 saturated carbocycles. The van der Waals surface area contributed by atoms with Crippen LogP contribution in [0.4, 0.5) is 0 Å². The van der Waals surface area contributed by atoms with E-state index in [4.69, 9.17) is 5.73 Å². The summed E-state index contributed by atoms with van der Waals surface area (Å²) in [4.78, 5) is 4.19. The van der Waals surface area contributed by atoms with Crippen molar-refractivity contribution in [1.82, 2.24) is 9.55 Å². The zero-order valence-electron chi connectivity index (χ0n) is 6.66. The average molecular weight is 171 g/mol. The van der Waals surface area contributed by atoms with Crippen molar-refractivity contribution in [1.29, 1.82) is 0 Å². The summed E-state index contributed by atoms with van der Waals surface area (Å²) in [6.45, 7) is 3.79. The van der Waals surface area contributed by atoms with Crippen LogP contribution >= 0.6 is 11.8 Å². The lowest BCUT2D eigenvalue weighted by Gasteiger charge is -2.01. The second-order valence-corrected chi connectivity index (χ2v) is 3.20. The molecule has 0 radical (unpaired) electrons. The first-order valence-electron chi connectivity index (χ1n) is 3.72. The van der Waals surface area contributed by atoms with Gasteiger partial charge in [0.15, 0.2) is 5.16 Å². The van der Waals surface area contributed by atoms with E-state index >= 15 is 0 Å². The fraction of sp³-hybridized carbons (Fsp3) is 0.571. The van der Waals surface area contributed by atoms with Gasteiger partial charge in [0.25, 0.3) is 0 Å². The van der Waals surface area contributed by atoms with Gasteiger partial charge >= 0.3 is 0 Å². The van der Waals surface area contributed by atoms with Crippen LogP contribution in [0.25, 0.3) is 0 Å². The maximum atomic E-state index is 5.38. The Labute approximate surface area is 71.0 Å². The molecule has 0 aromatic carbocycles. The summed E-state index contributed by atoms with van der Waals surface area (Å²) in [5.41, 5.74) is 5.38. The third kappa shape index (κ3) is 2.24. The van der Waals surface area contributed by atoms with Gasteiger partial charge in [-0.05, 0) is 6.92 Å². The number of nitrogens with two attached hydrogens (primary N) is 1. The minimum absolute atomic E-state index is 0.710. The Morgan fingerprint density at radius 2 is 2.55 bits per heavy atom. The van der Waals surface area contributed by atoms with Gasteiger partial charge in [0, 0.05) is 31.2 Å². The van der Waals surface area contributed by atoms with Gasteiger partial charge in [0.05, 0.1) is 0 Å². The highest BCUT2D eigenvalue weighted by molar-refractivity contribution is 7.99. The molecule has 1 aromatic rings. The van der Waals surface area contributed by atoms with E-state index in [1.807, 2.05) is 12.4 Å². The lowest BCUT2D eigenvalue weighted by molar-refractivity contribution is 0.681. The second-order valence-electron chi connectivity index (χ2n) is 2.13. The molecule has 0 unspecified atom stereocenters. The van der Waals surface area contributed by atoms with Crippen LogP contribution in [-0.2, 0) is 6.54 Å². The van der Waals surface area contributed by atoms with Crippen LogP contribution in [0, 0.1) is 0 Å². The topological polar surface area (TPSA) is 43.8 Å². The number of thioether (sulfide) groups is 1. The van der Waals surface area contributed by atoms with Gasteiger partial charge in [-0.1, -0.05) is 11.8 Å². The number of nitrogens with zero attached hydrogens (tertiary/aromatic N) is 2.